The van der Waals surface area contributed by atoms with Gasteiger partial charge < -0.3 is 10.6 Å². The number of carbonyl (C=O) groups excluding carboxylic acids is 1. The SMILES string of the molecule is CCCNc1ccc(Cl)c(C(=O)NC2CCCSC2)n1. The first-order valence-electron chi connectivity index (χ1n) is 6.99. The number of halogens is 1. The van der Waals surface area contributed by atoms with Crippen LogP contribution in [0.25, 0.3) is 0 Å². The van der Waals surface area contributed by atoms with Crippen LogP contribution >= 0.6 is 23.4 Å². The fraction of sp³-hybridized carbons (Fsp3) is 0.571. The molecule has 1 aromatic heterocycles. The van der Waals surface area contributed by atoms with Crippen molar-refractivity contribution in [3.05, 3.63) is 22.8 Å². The van der Waals surface area contributed by atoms with Crippen molar-refractivity contribution in [2.45, 2.75) is 32.2 Å². The Morgan fingerprint density at radius 2 is 2.40 bits per heavy atom. The summed E-state index contributed by atoms with van der Waals surface area (Å²) in [5, 5.41) is 6.59. The summed E-state index contributed by atoms with van der Waals surface area (Å²) in [4.78, 5) is 16.6. The molecule has 1 aromatic rings. The molecule has 2 heterocycles. The zero-order valence-electron chi connectivity index (χ0n) is 11.6. The third-order valence-corrected chi connectivity index (χ3v) is 4.63. The molecule has 0 aliphatic carbocycles. The maximum Gasteiger partial charge on any atom is 0.271 e. The van der Waals surface area contributed by atoms with Gasteiger partial charge in [-0.05, 0) is 37.1 Å². The van der Waals surface area contributed by atoms with Crippen LogP contribution in [0.15, 0.2) is 12.1 Å². The van der Waals surface area contributed by atoms with E-state index in [1.807, 2.05) is 11.8 Å². The summed E-state index contributed by atoms with van der Waals surface area (Å²) < 4.78 is 0. The second-order valence-electron chi connectivity index (χ2n) is 4.84. The molecule has 20 heavy (non-hydrogen) atoms. The monoisotopic (exact) mass is 313 g/mol. The maximum absolute atomic E-state index is 12.3. The summed E-state index contributed by atoms with van der Waals surface area (Å²) in [6, 6.07) is 3.74. The summed E-state index contributed by atoms with van der Waals surface area (Å²) >= 11 is 7.96. The Morgan fingerprint density at radius 3 is 3.10 bits per heavy atom. The minimum absolute atomic E-state index is 0.178. The summed E-state index contributed by atoms with van der Waals surface area (Å²) in [6.07, 6.45) is 3.18. The minimum atomic E-state index is -0.178. The van der Waals surface area contributed by atoms with Crippen LogP contribution in [0.2, 0.25) is 5.02 Å². The third-order valence-electron chi connectivity index (χ3n) is 3.11. The van der Waals surface area contributed by atoms with E-state index in [-0.39, 0.29) is 11.9 Å². The molecular formula is C14H20ClN3OS. The summed E-state index contributed by atoms with van der Waals surface area (Å²) in [5.74, 6) is 2.67. The van der Waals surface area contributed by atoms with Gasteiger partial charge >= 0.3 is 0 Å². The Labute approximate surface area is 129 Å². The van der Waals surface area contributed by atoms with Crippen LogP contribution in [0.3, 0.4) is 0 Å². The number of amides is 1. The van der Waals surface area contributed by atoms with Crippen molar-refractivity contribution < 1.29 is 4.79 Å². The molecule has 0 radical (unpaired) electrons. The lowest BCUT2D eigenvalue weighted by molar-refractivity contribution is 0.0934. The van der Waals surface area contributed by atoms with Crippen molar-refractivity contribution in [2.75, 3.05) is 23.4 Å². The first-order chi connectivity index (χ1) is 9.70. The van der Waals surface area contributed by atoms with Crippen molar-refractivity contribution in [1.29, 1.82) is 0 Å². The maximum atomic E-state index is 12.3. The number of carbonyl (C=O) groups is 1. The molecule has 1 saturated heterocycles. The van der Waals surface area contributed by atoms with E-state index in [4.69, 9.17) is 11.6 Å². The number of hydrogen-bond acceptors (Lipinski definition) is 4. The first-order valence-corrected chi connectivity index (χ1v) is 8.53. The molecule has 1 amide bonds. The number of hydrogen-bond donors (Lipinski definition) is 2. The lowest BCUT2D eigenvalue weighted by atomic mass is 10.2. The van der Waals surface area contributed by atoms with Crippen molar-refractivity contribution in [1.82, 2.24) is 10.3 Å². The highest BCUT2D eigenvalue weighted by atomic mass is 35.5. The first kappa shape index (κ1) is 15.4. The Bertz CT molecular complexity index is 464. The third kappa shape index (κ3) is 4.28. The summed E-state index contributed by atoms with van der Waals surface area (Å²) in [6.45, 7) is 2.91. The molecule has 0 bridgehead atoms. The van der Waals surface area contributed by atoms with E-state index in [2.05, 4.69) is 22.5 Å². The molecule has 1 aliphatic heterocycles. The van der Waals surface area contributed by atoms with Gasteiger partial charge in [0.15, 0.2) is 0 Å². The zero-order chi connectivity index (χ0) is 14.4. The molecule has 0 aromatic carbocycles. The number of anilines is 1. The molecule has 1 unspecified atom stereocenters. The highest BCUT2D eigenvalue weighted by molar-refractivity contribution is 7.99. The van der Waals surface area contributed by atoms with Crippen molar-refractivity contribution in [2.24, 2.45) is 0 Å². The molecular weight excluding hydrogens is 294 g/mol. The van der Waals surface area contributed by atoms with Crippen molar-refractivity contribution >= 4 is 35.1 Å². The van der Waals surface area contributed by atoms with Crippen LogP contribution in [0.4, 0.5) is 5.82 Å². The lowest BCUT2D eigenvalue weighted by Gasteiger charge is -2.22. The van der Waals surface area contributed by atoms with Crippen molar-refractivity contribution in [3.8, 4) is 0 Å². The fourth-order valence-electron chi connectivity index (χ4n) is 2.06. The van der Waals surface area contributed by atoms with Gasteiger partial charge in [-0.15, -0.1) is 0 Å². The Morgan fingerprint density at radius 1 is 1.55 bits per heavy atom. The van der Waals surface area contributed by atoms with Crippen LogP contribution in [0, 0.1) is 0 Å². The number of rotatable bonds is 5. The smallest absolute Gasteiger partial charge is 0.271 e. The normalized spacial score (nSPS) is 18.6. The highest BCUT2D eigenvalue weighted by Gasteiger charge is 2.19. The van der Waals surface area contributed by atoms with Gasteiger partial charge in [0, 0.05) is 18.3 Å². The second kappa shape index (κ2) is 7.74. The molecule has 2 rings (SSSR count). The van der Waals surface area contributed by atoms with Gasteiger partial charge in [-0.3, -0.25) is 4.79 Å². The standard InChI is InChI=1S/C14H20ClN3OS/c1-2-7-16-12-6-5-11(15)13(18-12)14(19)17-10-4-3-8-20-9-10/h5-6,10H,2-4,7-9H2,1H3,(H,16,18)(H,17,19). The van der Waals surface area contributed by atoms with Crippen LogP contribution in [0.1, 0.15) is 36.7 Å². The molecule has 1 atom stereocenters. The fourth-order valence-corrected chi connectivity index (χ4v) is 3.32. The van der Waals surface area contributed by atoms with E-state index < -0.39 is 0 Å². The highest BCUT2D eigenvalue weighted by Crippen LogP contribution is 2.20. The van der Waals surface area contributed by atoms with Crippen molar-refractivity contribution in [3.63, 3.8) is 0 Å². The average molecular weight is 314 g/mol. The van der Waals surface area contributed by atoms with Crippen LogP contribution < -0.4 is 10.6 Å². The van der Waals surface area contributed by atoms with Gasteiger partial charge in [0.2, 0.25) is 0 Å². The zero-order valence-corrected chi connectivity index (χ0v) is 13.2. The van der Waals surface area contributed by atoms with Gasteiger partial charge in [-0.25, -0.2) is 4.98 Å². The van der Waals surface area contributed by atoms with E-state index in [0.717, 1.165) is 31.6 Å². The van der Waals surface area contributed by atoms with E-state index in [1.165, 1.54) is 5.75 Å². The van der Waals surface area contributed by atoms with Gasteiger partial charge in [-0.2, -0.15) is 11.8 Å². The molecule has 1 fully saturated rings. The quantitative estimate of drug-likeness (QED) is 0.876. The molecule has 110 valence electrons. The van der Waals surface area contributed by atoms with Crippen LogP contribution in [0.5, 0.6) is 0 Å². The van der Waals surface area contributed by atoms with Gasteiger partial charge in [-0.1, -0.05) is 18.5 Å². The summed E-state index contributed by atoms with van der Waals surface area (Å²) in [5.41, 5.74) is 0.309. The Balaban J connectivity index is 2.03. The van der Waals surface area contributed by atoms with Crippen LogP contribution in [-0.4, -0.2) is 35.0 Å². The van der Waals surface area contributed by atoms with Gasteiger partial charge in [0.1, 0.15) is 11.5 Å². The summed E-state index contributed by atoms with van der Waals surface area (Å²) in [7, 11) is 0. The molecule has 2 N–H and O–H groups in total. The Hall–Kier alpha value is -0.940. The molecule has 6 heteroatoms. The van der Waals surface area contributed by atoms with Gasteiger partial charge in [0.05, 0.1) is 5.02 Å². The van der Waals surface area contributed by atoms with E-state index in [9.17, 15) is 4.79 Å². The topological polar surface area (TPSA) is 54.0 Å². The van der Waals surface area contributed by atoms with E-state index in [0.29, 0.717) is 16.5 Å². The lowest BCUT2D eigenvalue weighted by Crippen LogP contribution is -2.38. The number of nitrogens with zero attached hydrogens (tertiary/aromatic N) is 1. The number of thioether (sulfide) groups is 1. The molecule has 0 saturated carbocycles. The number of pyridine rings is 1. The largest absolute Gasteiger partial charge is 0.370 e. The van der Waals surface area contributed by atoms with E-state index >= 15 is 0 Å². The Kier molecular flexibility index (Phi) is 5.98. The van der Waals surface area contributed by atoms with Gasteiger partial charge in [0.25, 0.3) is 5.91 Å². The predicted molar refractivity (Wildman–Crippen MR) is 85.8 cm³/mol. The predicted octanol–water partition coefficient (Wildman–Crippen LogP) is 3.18. The molecule has 1 aliphatic rings. The average Bonchev–Trinajstić information content (AvgIpc) is 2.47. The minimum Gasteiger partial charge on any atom is -0.370 e. The molecule has 4 nitrogen and oxygen atoms in total. The van der Waals surface area contributed by atoms with E-state index in [1.54, 1.807) is 12.1 Å². The number of nitrogens with one attached hydrogen (secondary N) is 2. The van der Waals surface area contributed by atoms with Crippen LogP contribution in [-0.2, 0) is 0 Å². The molecule has 0 spiro atoms. The second-order valence-corrected chi connectivity index (χ2v) is 6.40. The number of aromatic nitrogens is 1.